The molecule has 1 aliphatic rings. The molecule has 4 rings (SSSR count). The summed E-state index contributed by atoms with van der Waals surface area (Å²) in [5.41, 5.74) is 1.44. The fraction of sp³-hybridized carbons (Fsp3) is 0.250. The molecule has 0 N–H and O–H groups in total. The second-order valence-corrected chi connectivity index (χ2v) is 8.82. The second-order valence-electron chi connectivity index (χ2n) is 5.59. The maximum absolute atomic E-state index is 12.4. The topological polar surface area (TPSA) is 60.7 Å². The van der Waals surface area contributed by atoms with Crippen molar-refractivity contribution >= 4 is 52.1 Å². The summed E-state index contributed by atoms with van der Waals surface area (Å²) in [6.07, 6.45) is 5.67. The van der Waals surface area contributed by atoms with Gasteiger partial charge < -0.3 is 0 Å². The highest BCUT2D eigenvalue weighted by Gasteiger charge is 2.30. The number of ketones is 1. The van der Waals surface area contributed by atoms with Crippen LogP contribution in [0.25, 0.3) is 11.4 Å². The van der Waals surface area contributed by atoms with E-state index >= 15 is 0 Å². The molecule has 0 aromatic carbocycles. The number of rotatable bonds is 6. The van der Waals surface area contributed by atoms with Gasteiger partial charge in [0.25, 0.3) is 0 Å². The minimum absolute atomic E-state index is 0.0611. The van der Waals surface area contributed by atoms with E-state index in [2.05, 4.69) is 19.7 Å². The summed E-state index contributed by atoms with van der Waals surface area (Å²) in [5, 5.41) is 9.37. The second kappa shape index (κ2) is 7.07. The lowest BCUT2D eigenvalue weighted by atomic mass is 10.2. The van der Waals surface area contributed by atoms with Gasteiger partial charge >= 0.3 is 0 Å². The zero-order chi connectivity index (χ0) is 17.4. The Morgan fingerprint density at radius 2 is 2.04 bits per heavy atom. The molecule has 0 spiro atoms. The summed E-state index contributed by atoms with van der Waals surface area (Å²) in [7, 11) is 0. The Bertz CT molecular complexity index is 922. The standard InChI is InChI=1S/C16H12Cl2N4OS2/c17-13-7-11(14(18)25-13)12(23)8-24-16-21-20-15(22(16)10-1-2-10)9-3-5-19-6-4-9/h3-7,10H,1-2,8H2. The first-order valence-corrected chi connectivity index (χ1v) is 10.2. The molecule has 0 bridgehead atoms. The van der Waals surface area contributed by atoms with Crippen LogP contribution in [-0.4, -0.2) is 31.3 Å². The number of nitrogens with zero attached hydrogens (tertiary/aromatic N) is 4. The third-order valence-electron chi connectivity index (χ3n) is 3.80. The van der Waals surface area contributed by atoms with Crippen LogP contribution in [0.5, 0.6) is 0 Å². The maximum atomic E-state index is 12.4. The van der Waals surface area contributed by atoms with Crippen LogP contribution in [0.3, 0.4) is 0 Å². The molecule has 9 heteroatoms. The van der Waals surface area contributed by atoms with Crippen LogP contribution < -0.4 is 0 Å². The molecule has 0 amide bonds. The molecule has 25 heavy (non-hydrogen) atoms. The van der Waals surface area contributed by atoms with Gasteiger partial charge in [-0.25, -0.2) is 0 Å². The van der Waals surface area contributed by atoms with Crippen LogP contribution in [0.1, 0.15) is 29.2 Å². The molecular weight excluding hydrogens is 399 g/mol. The van der Waals surface area contributed by atoms with Crippen LogP contribution in [0.2, 0.25) is 8.67 Å². The quantitative estimate of drug-likeness (QED) is 0.421. The first-order chi connectivity index (χ1) is 12.1. The Morgan fingerprint density at radius 3 is 2.68 bits per heavy atom. The highest BCUT2D eigenvalue weighted by atomic mass is 35.5. The van der Waals surface area contributed by atoms with Gasteiger partial charge in [0.15, 0.2) is 16.8 Å². The van der Waals surface area contributed by atoms with Crippen molar-refractivity contribution in [1.82, 2.24) is 19.7 Å². The van der Waals surface area contributed by atoms with E-state index in [1.165, 1.54) is 23.1 Å². The van der Waals surface area contributed by atoms with Crippen molar-refractivity contribution in [3.8, 4) is 11.4 Å². The zero-order valence-electron chi connectivity index (χ0n) is 12.9. The van der Waals surface area contributed by atoms with Crippen LogP contribution in [0.15, 0.2) is 35.7 Å². The molecule has 0 aliphatic heterocycles. The highest BCUT2D eigenvalue weighted by molar-refractivity contribution is 7.99. The van der Waals surface area contributed by atoms with Crippen molar-refractivity contribution in [3.05, 3.63) is 44.8 Å². The molecule has 3 heterocycles. The summed E-state index contributed by atoms with van der Waals surface area (Å²) in [4.78, 5) is 16.4. The van der Waals surface area contributed by atoms with Crippen molar-refractivity contribution in [2.24, 2.45) is 0 Å². The number of thiophene rings is 1. The number of thioether (sulfide) groups is 1. The van der Waals surface area contributed by atoms with Gasteiger partial charge in [-0.3, -0.25) is 14.3 Å². The van der Waals surface area contributed by atoms with E-state index in [0.29, 0.717) is 20.3 Å². The average molecular weight is 411 g/mol. The summed E-state index contributed by atoms with van der Waals surface area (Å²) < 4.78 is 3.06. The Kier molecular flexibility index (Phi) is 4.82. The Morgan fingerprint density at radius 1 is 1.28 bits per heavy atom. The molecular formula is C16H12Cl2N4OS2. The molecule has 0 saturated heterocycles. The number of pyridine rings is 1. The lowest BCUT2D eigenvalue weighted by Crippen LogP contribution is -2.04. The van der Waals surface area contributed by atoms with Crippen molar-refractivity contribution in [1.29, 1.82) is 0 Å². The molecule has 128 valence electrons. The van der Waals surface area contributed by atoms with Crippen molar-refractivity contribution in [2.75, 3.05) is 5.75 Å². The molecule has 1 aliphatic carbocycles. The van der Waals surface area contributed by atoms with E-state index < -0.39 is 0 Å². The lowest BCUT2D eigenvalue weighted by molar-refractivity contribution is 0.102. The van der Waals surface area contributed by atoms with Crippen LogP contribution in [0.4, 0.5) is 0 Å². The monoisotopic (exact) mass is 410 g/mol. The molecule has 1 fully saturated rings. The van der Waals surface area contributed by atoms with E-state index in [4.69, 9.17) is 23.2 Å². The Balaban J connectivity index is 1.56. The number of hydrogen-bond donors (Lipinski definition) is 0. The van der Waals surface area contributed by atoms with Gasteiger partial charge in [0, 0.05) is 29.6 Å². The van der Waals surface area contributed by atoms with Gasteiger partial charge in [-0.1, -0.05) is 35.0 Å². The smallest absolute Gasteiger partial charge is 0.192 e. The number of halogens is 2. The summed E-state index contributed by atoms with van der Waals surface area (Å²) >= 11 is 14.6. The molecule has 0 unspecified atom stereocenters. The largest absolute Gasteiger partial charge is 0.299 e. The lowest BCUT2D eigenvalue weighted by Gasteiger charge is -2.08. The van der Waals surface area contributed by atoms with E-state index in [-0.39, 0.29) is 11.5 Å². The van der Waals surface area contributed by atoms with Gasteiger partial charge in [-0.15, -0.1) is 21.5 Å². The van der Waals surface area contributed by atoms with Crippen LogP contribution in [0, 0.1) is 0 Å². The van der Waals surface area contributed by atoms with Crippen molar-refractivity contribution in [2.45, 2.75) is 24.0 Å². The predicted octanol–water partition coefficient (Wildman–Crippen LogP) is 5.02. The van der Waals surface area contributed by atoms with Crippen molar-refractivity contribution < 1.29 is 4.79 Å². The van der Waals surface area contributed by atoms with Gasteiger partial charge in [0.05, 0.1) is 10.1 Å². The van der Waals surface area contributed by atoms with Crippen LogP contribution >= 0.6 is 46.3 Å². The van der Waals surface area contributed by atoms with Crippen LogP contribution in [-0.2, 0) is 0 Å². The van der Waals surface area contributed by atoms with E-state index in [0.717, 1.165) is 29.4 Å². The summed E-state index contributed by atoms with van der Waals surface area (Å²) in [6, 6.07) is 5.84. The first kappa shape index (κ1) is 17.0. The molecule has 0 radical (unpaired) electrons. The SMILES string of the molecule is O=C(CSc1nnc(-c2ccncc2)n1C1CC1)c1cc(Cl)sc1Cl. The van der Waals surface area contributed by atoms with Gasteiger partial charge in [0.2, 0.25) is 0 Å². The average Bonchev–Trinajstić information content (AvgIpc) is 3.27. The van der Waals surface area contributed by atoms with E-state index in [9.17, 15) is 4.79 Å². The third-order valence-corrected chi connectivity index (χ3v) is 6.24. The summed E-state index contributed by atoms with van der Waals surface area (Å²) in [5.74, 6) is 0.999. The number of hydrogen-bond acceptors (Lipinski definition) is 6. The fourth-order valence-electron chi connectivity index (χ4n) is 2.47. The Hall–Kier alpha value is -1.41. The normalized spacial score (nSPS) is 14.0. The fourth-order valence-corrected chi connectivity index (χ4v) is 4.86. The molecule has 1 saturated carbocycles. The predicted molar refractivity (Wildman–Crippen MR) is 101 cm³/mol. The minimum atomic E-state index is -0.0611. The van der Waals surface area contributed by atoms with Gasteiger partial charge in [-0.05, 0) is 31.0 Å². The van der Waals surface area contributed by atoms with E-state index in [1.54, 1.807) is 18.5 Å². The number of carbonyl (C=O) groups excluding carboxylic acids is 1. The molecule has 3 aromatic rings. The van der Waals surface area contributed by atoms with Crippen molar-refractivity contribution in [3.63, 3.8) is 0 Å². The molecule has 3 aromatic heterocycles. The van der Waals surface area contributed by atoms with E-state index in [1.807, 2.05) is 12.1 Å². The first-order valence-electron chi connectivity index (χ1n) is 7.59. The third kappa shape index (κ3) is 3.60. The summed E-state index contributed by atoms with van der Waals surface area (Å²) in [6.45, 7) is 0. The molecule has 0 atom stereocenters. The van der Waals surface area contributed by atoms with Gasteiger partial charge in [-0.2, -0.15) is 0 Å². The minimum Gasteiger partial charge on any atom is -0.299 e. The number of aromatic nitrogens is 4. The molecule has 5 nitrogen and oxygen atoms in total. The number of carbonyl (C=O) groups is 1. The van der Waals surface area contributed by atoms with Gasteiger partial charge in [0.1, 0.15) is 4.34 Å². The zero-order valence-corrected chi connectivity index (χ0v) is 16.0. The maximum Gasteiger partial charge on any atom is 0.192 e. The highest BCUT2D eigenvalue weighted by Crippen LogP contribution is 2.41. The Labute approximate surface area is 162 Å². The number of Topliss-reactive ketones (excluding diaryl/α,β-unsaturated/α-hetero) is 1.